The normalized spacial score (nSPS) is 24.5. The van der Waals surface area contributed by atoms with Gasteiger partial charge in [-0.1, -0.05) is 6.07 Å². The van der Waals surface area contributed by atoms with Crippen LogP contribution in [0.25, 0.3) is 0 Å². The summed E-state index contributed by atoms with van der Waals surface area (Å²) in [5, 5.41) is 19.0. The number of ether oxygens (including phenoxy) is 1. The number of rotatable bonds is 4. The number of carbonyl (C=O) groups excluding carboxylic acids is 1. The summed E-state index contributed by atoms with van der Waals surface area (Å²) >= 11 is 0. The minimum absolute atomic E-state index is 0.0694. The first-order valence-electron chi connectivity index (χ1n) is 8.83. The molecule has 136 valence electrons. The van der Waals surface area contributed by atoms with Crippen LogP contribution in [0.2, 0.25) is 0 Å². The summed E-state index contributed by atoms with van der Waals surface area (Å²) in [6, 6.07) is 4.80. The second-order valence-electron chi connectivity index (χ2n) is 7.05. The van der Waals surface area contributed by atoms with E-state index in [1.54, 1.807) is 24.0 Å². The van der Waals surface area contributed by atoms with Crippen molar-refractivity contribution in [2.45, 2.75) is 19.8 Å². The zero-order valence-corrected chi connectivity index (χ0v) is 14.5. The Balaban J connectivity index is 1.79. The Bertz CT molecular complexity index is 653. The van der Waals surface area contributed by atoms with Crippen LogP contribution in [0, 0.1) is 24.7 Å². The van der Waals surface area contributed by atoms with Crippen molar-refractivity contribution in [1.29, 1.82) is 0 Å². The molecule has 2 saturated heterocycles. The first kappa shape index (κ1) is 17.9. The predicted molar refractivity (Wildman–Crippen MR) is 91.7 cm³/mol. The number of likely N-dealkylation sites (tertiary alicyclic amines) is 1. The van der Waals surface area contributed by atoms with E-state index in [4.69, 9.17) is 4.74 Å². The Hall–Kier alpha value is -1.92. The highest BCUT2D eigenvalue weighted by atomic mass is 16.5. The van der Waals surface area contributed by atoms with Crippen molar-refractivity contribution in [3.05, 3.63) is 34.9 Å². The molecular formula is C19H25NO5. The summed E-state index contributed by atoms with van der Waals surface area (Å²) in [4.78, 5) is 26.0. The summed E-state index contributed by atoms with van der Waals surface area (Å²) < 4.78 is 5.42. The number of carboxylic acid groups (broad SMARTS) is 1. The van der Waals surface area contributed by atoms with Crippen LogP contribution in [0.4, 0.5) is 0 Å². The zero-order valence-electron chi connectivity index (χ0n) is 14.5. The predicted octanol–water partition coefficient (Wildman–Crippen LogP) is 1.80. The largest absolute Gasteiger partial charge is 0.478 e. The maximum Gasteiger partial charge on any atom is 0.335 e. The minimum atomic E-state index is -1.03. The van der Waals surface area contributed by atoms with Crippen molar-refractivity contribution in [2.24, 2.45) is 17.8 Å². The number of carbonyl (C=O) groups is 2. The summed E-state index contributed by atoms with van der Waals surface area (Å²) in [7, 11) is 0. The van der Waals surface area contributed by atoms with E-state index >= 15 is 0 Å². The first-order chi connectivity index (χ1) is 12.0. The lowest BCUT2D eigenvalue weighted by molar-refractivity contribution is 0.0352. The van der Waals surface area contributed by atoms with E-state index < -0.39 is 5.97 Å². The number of aliphatic hydroxyl groups is 1. The molecule has 6 heteroatoms. The summed E-state index contributed by atoms with van der Waals surface area (Å²) in [5.41, 5.74) is 1.09. The van der Waals surface area contributed by atoms with Crippen LogP contribution in [-0.4, -0.2) is 59.9 Å². The fourth-order valence-electron chi connectivity index (χ4n) is 4.20. The molecular weight excluding hydrogens is 322 g/mol. The molecule has 0 spiro atoms. The van der Waals surface area contributed by atoms with E-state index in [0.29, 0.717) is 30.1 Å². The molecule has 2 N–H and O–H groups in total. The second kappa shape index (κ2) is 7.54. The third-order valence-corrected chi connectivity index (χ3v) is 5.68. The van der Waals surface area contributed by atoms with Crippen LogP contribution in [0.3, 0.4) is 0 Å². The Morgan fingerprint density at radius 3 is 2.52 bits per heavy atom. The van der Waals surface area contributed by atoms with E-state index in [1.165, 1.54) is 6.07 Å². The lowest BCUT2D eigenvalue weighted by Crippen LogP contribution is -2.32. The number of amides is 1. The molecule has 2 heterocycles. The molecule has 3 rings (SSSR count). The maximum absolute atomic E-state index is 13.0. The van der Waals surface area contributed by atoms with Gasteiger partial charge in [0, 0.05) is 44.4 Å². The molecule has 25 heavy (non-hydrogen) atoms. The summed E-state index contributed by atoms with van der Waals surface area (Å²) in [6.07, 6.45) is 1.94. The van der Waals surface area contributed by atoms with E-state index in [2.05, 4.69) is 0 Å². The van der Waals surface area contributed by atoms with Gasteiger partial charge in [0.1, 0.15) is 0 Å². The number of aliphatic hydroxyl groups excluding tert-OH is 1. The highest BCUT2D eigenvalue weighted by Crippen LogP contribution is 2.36. The van der Waals surface area contributed by atoms with Crippen LogP contribution >= 0.6 is 0 Å². The quantitative estimate of drug-likeness (QED) is 0.867. The molecule has 6 nitrogen and oxygen atoms in total. The second-order valence-corrected chi connectivity index (χ2v) is 7.05. The van der Waals surface area contributed by atoms with Gasteiger partial charge in [-0.3, -0.25) is 4.79 Å². The van der Waals surface area contributed by atoms with Crippen molar-refractivity contribution < 1.29 is 24.5 Å². The van der Waals surface area contributed by atoms with Crippen LogP contribution in [0.1, 0.15) is 39.1 Å². The monoisotopic (exact) mass is 347 g/mol. The van der Waals surface area contributed by atoms with E-state index in [9.17, 15) is 19.8 Å². The average Bonchev–Trinajstić information content (AvgIpc) is 3.06. The third kappa shape index (κ3) is 3.55. The highest BCUT2D eigenvalue weighted by molar-refractivity contribution is 6.00. The minimum Gasteiger partial charge on any atom is -0.478 e. The fraction of sp³-hybridized carbons (Fsp3) is 0.579. The molecule has 1 aromatic carbocycles. The van der Waals surface area contributed by atoms with Crippen LogP contribution in [0.5, 0.6) is 0 Å². The molecule has 0 aromatic heterocycles. The topological polar surface area (TPSA) is 87.1 Å². The molecule has 0 bridgehead atoms. The summed E-state index contributed by atoms with van der Waals surface area (Å²) in [6.45, 7) is 4.37. The average molecular weight is 347 g/mol. The number of hydrogen-bond acceptors (Lipinski definition) is 4. The van der Waals surface area contributed by atoms with E-state index in [-0.39, 0.29) is 29.9 Å². The Morgan fingerprint density at radius 2 is 1.88 bits per heavy atom. The van der Waals surface area contributed by atoms with Gasteiger partial charge >= 0.3 is 5.97 Å². The lowest BCUT2D eigenvalue weighted by atomic mass is 9.80. The Kier molecular flexibility index (Phi) is 5.39. The molecule has 0 unspecified atom stereocenters. The van der Waals surface area contributed by atoms with Crippen molar-refractivity contribution >= 4 is 11.9 Å². The van der Waals surface area contributed by atoms with E-state index in [1.807, 2.05) is 0 Å². The van der Waals surface area contributed by atoms with Gasteiger partial charge in [0.05, 0.1) is 5.56 Å². The Morgan fingerprint density at radius 1 is 1.20 bits per heavy atom. The molecule has 1 amide bonds. The number of hydrogen-bond donors (Lipinski definition) is 2. The molecule has 0 saturated carbocycles. The van der Waals surface area contributed by atoms with Crippen LogP contribution < -0.4 is 0 Å². The van der Waals surface area contributed by atoms with Crippen molar-refractivity contribution in [3.63, 3.8) is 0 Å². The fourth-order valence-corrected chi connectivity index (χ4v) is 4.20. The van der Waals surface area contributed by atoms with Crippen molar-refractivity contribution in [3.8, 4) is 0 Å². The van der Waals surface area contributed by atoms with Gasteiger partial charge in [0.2, 0.25) is 0 Å². The molecule has 0 aliphatic carbocycles. The molecule has 2 atom stereocenters. The van der Waals surface area contributed by atoms with Gasteiger partial charge in [0.15, 0.2) is 0 Å². The zero-order chi connectivity index (χ0) is 18.0. The molecule has 2 aliphatic heterocycles. The van der Waals surface area contributed by atoms with Gasteiger partial charge in [-0.25, -0.2) is 4.79 Å². The van der Waals surface area contributed by atoms with Gasteiger partial charge in [-0.05, 0) is 49.3 Å². The molecule has 1 aromatic rings. The van der Waals surface area contributed by atoms with E-state index in [0.717, 1.165) is 26.1 Å². The van der Waals surface area contributed by atoms with Crippen molar-refractivity contribution in [2.75, 3.05) is 32.9 Å². The highest BCUT2D eigenvalue weighted by Gasteiger charge is 2.40. The molecule has 2 aliphatic rings. The van der Waals surface area contributed by atoms with Crippen molar-refractivity contribution in [1.82, 2.24) is 4.90 Å². The smallest absolute Gasteiger partial charge is 0.335 e. The van der Waals surface area contributed by atoms with Crippen LogP contribution in [0.15, 0.2) is 18.2 Å². The number of benzene rings is 1. The molecule has 2 fully saturated rings. The maximum atomic E-state index is 13.0. The van der Waals surface area contributed by atoms with Gasteiger partial charge in [-0.2, -0.15) is 0 Å². The number of carboxylic acids is 1. The first-order valence-corrected chi connectivity index (χ1v) is 8.83. The van der Waals surface area contributed by atoms with Gasteiger partial charge in [0.25, 0.3) is 5.91 Å². The SMILES string of the molecule is Cc1c(C(=O)O)cccc1C(=O)N1C[C@@H](CO)[C@H](C2CCOCC2)C1. The molecule has 0 radical (unpaired) electrons. The standard InChI is InChI=1S/C19H25NO5/c1-12-15(3-2-4-16(12)19(23)24)18(22)20-9-14(11-21)17(10-20)13-5-7-25-8-6-13/h2-4,13-14,17,21H,5-11H2,1H3,(H,23,24)/t14-,17-/m0/s1. The van der Waals surface area contributed by atoms with Gasteiger partial charge < -0.3 is 19.8 Å². The third-order valence-electron chi connectivity index (χ3n) is 5.68. The number of aromatic carboxylic acids is 1. The number of nitrogens with zero attached hydrogens (tertiary/aromatic N) is 1. The van der Waals surface area contributed by atoms with Gasteiger partial charge in [-0.15, -0.1) is 0 Å². The lowest BCUT2D eigenvalue weighted by Gasteiger charge is -2.30. The Labute approximate surface area is 147 Å². The van der Waals surface area contributed by atoms with Crippen LogP contribution in [-0.2, 0) is 4.74 Å². The summed E-state index contributed by atoms with van der Waals surface area (Å²) in [5.74, 6) is -0.346.